The molecule has 0 aromatic heterocycles. The summed E-state index contributed by atoms with van der Waals surface area (Å²) in [7, 11) is 0. The highest BCUT2D eigenvalue weighted by molar-refractivity contribution is 5.94. The largest absolute Gasteiger partial charge is 0.484 e. The van der Waals surface area contributed by atoms with Crippen LogP contribution in [0.5, 0.6) is 5.75 Å². The summed E-state index contributed by atoms with van der Waals surface area (Å²) in [5.41, 5.74) is 7.84. The predicted octanol–water partition coefficient (Wildman–Crippen LogP) is 2.99. The Hall–Kier alpha value is -3.19. The zero-order valence-electron chi connectivity index (χ0n) is 17.9. The Balaban J connectivity index is 1.80. The van der Waals surface area contributed by atoms with E-state index in [1.807, 2.05) is 6.07 Å². The quantitative estimate of drug-likeness (QED) is 0.692. The van der Waals surface area contributed by atoms with E-state index in [2.05, 4.69) is 11.5 Å². The molecule has 2 aromatic carbocycles. The van der Waals surface area contributed by atoms with E-state index in [0.29, 0.717) is 49.6 Å². The molecule has 7 heteroatoms. The summed E-state index contributed by atoms with van der Waals surface area (Å²) in [6.07, 6.45) is 0.907. The number of carbonyl (C=O) groups excluding carboxylic acids is 2. The van der Waals surface area contributed by atoms with Crippen molar-refractivity contribution in [1.29, 1.82) is 0 Å². The second-order valence-electron chi connectivity index (χ2n) is 7.79. The second kappa shape index (κ2) is 9.75. The van der Waals surface area contributed by atoms with E-state index < -0.39 is 12.0 Å². The van der Waals surface area contributed by atoms with E-state index in [9.17, 15) is 14.0 Å². The number of amides is 2. The van der Waals surface area contributed by atoms with E-state index in [4.69, 9.17) is 10.5 Å². The van der Waals surface area contributed by atoms with Crippen LogP contribution < -0.4 is 10.5 Å². The molecule has 0 spiro atoms. The highest BCUT2D eigenvalue weighted by Gasteiger charge is 2.24. The Bertz CT molecular complexity index is 984. The molecule has 1 aliphatic rings. The summed E-state index contributed by atoms with van der Waals surface area (Å²) < 4.78 is 20.5. The molecular weight excluding hydrogens is 397 g/mol. The maximum Gasteiger partial charge on any atom is 0.248 e. The van der Waals surface area contributed by atoms with Gasteiger partial charge in [-0.1, -0.05) is 18.7 Å². The van der Waals surface area contributed by atoms with Crippen molar-refractivity contribution < 1.29 is 18.7 Å². The molecule has 0 saturated carbocycles. The first-order valence-electron chi connectivity index (χ1n) is 10.3. The number of rotatable bonds is 7. The molecule has 1 aliphatic heterocycles. The first-order chi connectivity index (χ1) is 14.8. The monoisotopic (exact) mass is 425 g/mol. The molecule has 164 valence electrons. The van der Waals surface area contributed by atoms with Crippen molar-refractivity contribution in [2.45, 2.75) is 20.0 Å². The maximum atomic E-state index is 14.3. The van der Waals surface area contributed by atoms with Gasteiger partial charge in [0, 0.05) is 38.3 Å². The summed E-state index contributed by atoms with van der Waals surface area (Å²) in [5, 5.41) is 0. The van der Waals surface area contributed by atoms with Crippen molar-refractivity contribution in [3.8, 4) is 5.75 Å². The SMILES string of the molecule is C=CC(=O)N1CCN(CC(Oc2ccc(C(N)=O)c(C)c2)c2ccc(C)c(F)c2)CC1. The molecule has 2 N–H and O–H groups in total. The van der Waals surface area contributed by atoms with Crippen molar-refractivity contribution in [1.82, 2.24) is 9.80 Å². The van der Waals surface area contributed by atoms with Crippen LogP contribution in [-0.4, -0.2) is 54.3 Å². The van der Waals surface area contributed by atoms with Crippen molar-refractivity contribution in [2.24, 2.45) is 5.73 Å². The summed E-state index contributed by atoms with van der Waals surface area (Å²) in [5.74, 6) is -0.270. The van der Waals surface area contributed by atoms with Gasteiger partial charge in [-0.05, 0) is 60.9 Å². The lowest BCUT2D eigenvalue weighted by Crippen LogP contribution is -2.49. The van der Waals surface area contributed by atoms with E-state index >= 15 is 0 Å². The first kappa shape index (κ1) is 22.5. The predicted molar refractivity (Wildman–Crippen MR) is 117 cm³/mol. The van der Waals surface area contributed by atoms with Gasteiger partial charge in [0.05, 0.1) is 0 Å². The number of ether oxygens (including phenoxy) is 1. The number of nitrogens with two attached hydrogens (primary N) is 1. The fourth-order valence-corrected chi connectivity index (χ4v) is 3.68. The molecule has 1 unspecified atom stereocenters. The van der Waals surface area contributed by atoms with Crippen molar-refractivity contribution >= 4 is 11.8 Å². The van der Waals surface area contributed by atoms with Crippen LogP contribution in [0.4, 0.5) is 4.39 Å². The third-order valence-electron chi connectivity index (χ3n) is 5.59. The van der Waals surface area contributed by atoms with E-state index in [-0.39, 0.29) is 11.7 Å². The fourth-order valence-electron chi connectivity index (χ4n) is 3.68. The van der Waals surface area contributed by atoms with E-state index in [1.165, 1.54) is 12.1 Å². The van der Waals surface area contributed by atoms with Crippen LogP contribution in [0.25, 0.3) is 0 Å². The molecule has 0 bridgehead atoms. The minimum absolute atomic E-state index is 0.0712. The van der Waals surface area contributed by atoms with E-state index in [1.54, 1.807) is 43.0 Å². The van der Waals surface area contributed by atoms with Crippen LogP contribution in [0.1, 0.15) is 33.2 Å². The van der Waals surface area contributed by atoms with Gasteiger partial charge in [-0.2, -0.15) is 0 Å². The number of primary amides is 1. The maximum absolute atomic E-state index is 14.3. The van der Waals surface area contributed by atoms with Gasteiger partial charge in [-0.25, -0.2) is 4.39 Å². The van der Waals surface area contributed by atoms with Gasteiger partial charge in [0.1, 0.15) is 17.7 Å². The fraction of sp³-hybridized carbons (Fsp3) is 0.333. The lowest BCUT2D eigenvalue weighted by molar-refractivity contribution is -0.127. The Morgan fingerprint density at radius 3 is 2.42 bits per heavy atom. The Kier molecular flexibility index (Phi) is 7.07. The topological polar surface area (TPSA) is 75.9 Å². The Morgan fingerprint density at radius 1 is 1.13 bits per heavy atom. The van der Waals surface area contributed by atoms with Crippen molar-refractivity contribution in [2.75, 3.05) is 32.7 Å². The van der Waals surface area contributed by atoms with Crippen molar-refractivity contribution in [3.05, 3.63) is 77.1 Å². The number of nitrogens with zero attached hydrogens (tertiary/aromatic N) is 2. The molecule has 2 amide bonds. The molecule has 6 nitrogen and oxygen atoms in total. The lowest BCUT2D eigenvalue weighted by Gasteiger charge is -2.36. The number of halogens is 1. The summed E-state index contributed by atoms with van der Waals surface area (Å²) >= 11 is 0. The molecular formula is C24H28FN3O3. The summed E-state index contributed by atoms with van der Waals surface area (Å²) in [6.45, 7) is 10.2. The summed E-state index contributed by atoms with van der Waals surface area (Å²) in [4.78, 5) is 27.3. The standard InChI is InChI=1S/C24H28FN3O3/c1-4-23(29)28-11-9-27(10-12-28)15-22(18-6-5-16(2)21(25)14-18)31-19-7-8-20(24(26)30)17(3)13-19/h4-8,13-14,22H,1,9-12,15H2,2-3H3,(H2,26,30). The minimum atomic E-state index is -0.492. The molecule has 1 atom stereocenters. The Morgan fingerprint density at radius 2 is 1.84 bits per heavy atom. The minimum Gasteiger partial charge on any atom is -0.484 e. The van der Waals surface area contributed by atoms with Crippen LogP contribution in [-0.2, 0) is 4.79 Å². The number of aryl methyl sites for hydroxylation is 2. The third-order valence-corrected chi connectivity index (χ3v) is 5.59. The van der Waals surface area contributed by atoms with Gasteiger partial charge in [-0.3, -0.25) is 14.5 Å². The molecule has 0 aliphatic carbocycles. The van der Waals surface area contributed by atoms with E-state index in [0.717, 1.165) is 11.1 Å². The van der Waals surface area contributed by atoms with Crippen LogP contribution >= 0.6 is 0 Å². The zero-order chi connectivity index (χ0) is 22.5. The van der Waals surface area contributed by atoms with Gasteiger partial charge in [-0.15, -0.1) is 0 Å². The number of piperazine rings is 1. The van der Waals surface area contributed by atoms with Crippen LogP contribution in [0.2, 0.25) is 0 Å². The smallest absolute Gasteiger partial charge is 0.248 e. The molecule has 1 heterocycles. The van der Waals surface area contributed by atoms with Crippen molar-refractivity contribution in [3.63, 3.8) is 0 Å². The van der Waals surface area contributed by atoms with Gasteiger partial charge in [0.25, 0.3) is 0 Å². The molecule has 31 heavy (non-hydrogen) atoms. The molecule has 1 saturated heterocycles. The van der Waals surface area contributed by atoms with Crippen LogP contribution in [0, 0.1) is 19.7 Å². The van der Waals surface area contributed by atoms with Gasteiger partial charge in [0.2, 0.25) is 11.8 Å². The molecule has 1 fully saturated rings. The molecule has 3 rings (SSSR count). The average Bonchev–Trinajstić information content (AvgIpc) is 2.75. The number of hydrogen-bond donors (Lipinski definition) is 1. The number of hydrogen-bond acceptors (Lipinski definition) is 4. The van der Waals surface area contributed by atoms with Crippen LogP contribution in [0.15, 0.2) is 49.1 Å². The van der Waals surface area contributed by atoms with Gasteiger partial charge < -0.3 is 15.4 Å². The Labute approximate surface area is 182 Å². The highest BCUT2D eigenvalue weighted by atomic mass is 19.1. The van der Waals surface area contributed by atoms with Gasteiger partial charge in [0.15, 0.2) is 0 Å². The second-order valence-corrected chi connectivity index (χ2v) is 7.79. The first-order valence-corrected chi connectivity index (χ1v) is 10.3. The number of benzene rings is 2. The molecule has 2 aromatic rings. The normalized spacial score (nSPS) is 15.4. The molecule has 0 radical (unpaired) electrons. The zero-order valence-corrected chi connectivity index (χ0v) is 17.9. The lowest BCUT2D eigenvalue weighted by atomic mass is 10.0. The highest BCUT2D eigenvalue weighted by Crippen LogP contribution is 2.27. The third kappa shape index (κ3) is 5.49. The van der Waals surface area contributed by atoms with Crippen LogP contribution in [0.3, 0.4) is 0 Å². The average molecular weight is 426 g/mol. The summed E-state index contributed by atoms with van der Waals surface area (Å²) in [6, 6.07) is 10.2. The van der Waals surface area contributed by atoms with Gasteiger partial charge >= 0.3 is 0 Å². The number of carbonyl (C=O) groups is 2.